The molecule has 3 rings (SSSR count). The van der Waals surface area contributed by atoms with Gasteiger partial charge in [0.1, 0.15) is 0 Å². The van der Waals surface area contributed by atoms with E-state index >= 15 is 0 Å². The normalized spacial score (nSPS) is 19.1. The average Bonchev–Trinajstić information content (AvgIpc) is 3.19. The van der Waals surface area contributed by atoms with Crippen LogP contribution in [0.5, 0.6) is 0 Å². The predicted octanol–water partition coefficient (Wildman–Crippen LogP) is 3.81. The van der Waals surface area contributed by atoms with Crippen molar-refractivity contribution in [2.24, 2.45) is 11.8 Å². The summed E-state index contributed by atoms with van der Waals surface area (Å²) in [5.41, 5.74) is 1.59. The Morgan fingerprint density at radius 3 is 2.41 bits per heavy atom. The zero-order valence-corrected chi connectivity index (χ0v) is 10.4. The third kappa shape index (κ3) is 2.40. The van der Waals surface area contributed by atoms with Gasteiger partial charge >= 0.3 is 0 Å². The molecule has 0 spiro atoms. The smallest absolute Gasteiger partial charge is 0.0992 e. The molecular formula is C14H15ClN2. The molecule has 17 heavy (non-hydrogen) atoms. The standard InChI is InChI=1S/C14H15ClN2/c15-12-6-1-9(8-16)7-13(12)17-14(10-2-3-10)11-4-5-11/h1,6-7,10-11,14,17H,2-5H2. The van der Waals surface area contributed by atoms with Crippen molar-refractivity contribution in [3.63, 3.8) is 0 Å². The number of nitrogens with one attached hydrogen (secondary N) is 1. The van der Waals surface area contributed by atoms with Gasteiger partial charge in [-0.1, -0.05) is 11.6 Å². The maximum atomic E-state index is 8.91. The second kappa shape index (κ2) is 4.23. The highest BCUT2D eigenvalue weighted by atomic mass is 35.5. The Labute approximate surface area is 107 Å². The molecule has 2 fully saturated rings. The van der Waals surface area contributed by atoms with E-state index in [9.17, 15) is 0 Å². The Bertz CT molecular complexity index is 458. The lowest BCUT2D eigenvalue weighted by Gasteiger charge is -2.20. The first-order valence-electron chi connectivity index (χ1n) is 6.24. The minimum absolute atomic E-state index is 0.571. The topological polar surface area (TPSA) is 35.8 Å². The molecule has 0 unspecified atom stereocenters. The maximum Gasteiger partial charge on any atom is 0.0992 e. The predicted molar refractivity (Wildman–Crippen MR) is 69.0 cm³/mol. The van der Waals surface area contributed by atoms with Crippen molar-refractivity contribution >= 4 is 17.3 Å². The lowest BCUT2D eigenvalue weighted by atomic mass is 10.1. The maximum absolute atomic E-state index is 8.91. The molecular weight excluding hydrogens is 232 g/mol. The number of halogens is 1. The minimum Gasteiger partial charge on any atom is -0.381 e. The van der Waals surface area contributed by atoms with Gasteiger partial charge < -0.3 is 5.32 Å². The van der Waals surface area contributed by atoms with Gasteiger partial charge in [-0.05, 0) is 55.7 Å². The van der Waals surface area contributed by atoms with Gasteiger partial charge in [0.15, 0.2) is 0 Å². The molecule has 0 atom stereocenters. The van der Waals surface area contributed by atoms with Gasteiger partial charge in [-0.25, -0.2) is 0 Å². The van der Waals surface area contributed by atoms with Crippen LogP contribution in [-0.2, 0) is 0 Å². The van der Waals surface area contributed by atoms with Crippen LogP contribution < -0.4 is 5.32 Å². The lowest BCUT2D eigenvalue weighted by Crippen LogP contribution is -2.24. The Kier molecular flexibility index (Phi) is 2.72. The molecule has 0 amide bonds. The van der Waals surface area contributed by atoms with Crippen LogP contribution >= 0.6 is 11.6 Å². The van der Waals surface area contributed by atoms with E-state index in [2.05, 4.69) is 11.4 Å². The van der Waals surface area contributed by atoms with Crippen molar-refractivity contribution in [1.82, 2.24) is 0 Å². The van der Waals surface area contributed by atoms with Crippen molar-refractivity contribution in [1.29, 1.82) is 5.26 Å². The summed E-state index contributed by atoms with van der Waals surface area (Å²) in [6.45, 7) is 0. The second-order valence-corrected chi connectivity index (χ2v) is 5.56. The van der Waals surface area contributed by atoms with E-state index in [1.165, 1.54) is 25.7 Å². The van der Waals surface area contributed by atoms with E-state index in [1.807, 2.05) is 6.07 Å². The van der Waals surface area contributed by atoms with E-state index in [0.29, 0.717) is 11.6 Å². The highest BCUT2D eigenvalue weighted by Crippen LogP contribution is 2.46. The number of hydrogen-bond acceptors (Lipinski definition) is 2. The molecule has 2 saturated carbocycles. The fraction of sp³-hybridized carbons (Fsp3) is 0.500. The molecule has 2 aliphatic carbocycles. The SMILES string of the molecule is N#Cc1ccc(Cl)c(NC(C2CC2)C2CC2)c1. The number of hydrogen-bond donors (Lipinski definition) is 1. The number of rotatable bonds is 4. The number of nitriles is 1. The van der Waals surface area contributed by atoms with Gasteiger partial charge in [0.25, 0.3) is 0 Å². The zero-order chi connectivity index (χ0) is 11.8. The van der Waals surface area contributed by atoms with Crippen LogP contribution in [0.25, 0.3) is 0 Å². The molecule has 1 aromatic carbocycles. The lowest BCUT2D eigenvalue weighted by molar-refractivity contribution is 0.568. The van der Waals surface area contributed by atoms with E-state index in [1.54, 1.807) is 12.1 Å². The molecule has 0 saturated heterocycles. The fourth-order valence-electron chi connectivity index (χ4n) is 2.42. The quantitative estimate of drug-likeness (QED) is 0.877. The monoisotopic (exact) mass is 246 g/mol. The number of anilines is 1. The van der Waals surface area contributed by atoms with Crippen LogP contribution in [0, 0.1) is 23.2 Å². The minimum atomic E-state index is 0.571. The van der Waals surface area contributed by atoms with Crippen molar-refractivity contribution in [2.45, 2.75) is 31.7 Å². The van der Waals surface area contributed by atoms with Gasteiger partial charge in [0, 0.05) is 6.04 Å². The van der Waals surface area contributed by atoms with Crippen LogP contribution in [0.1, 0.15) is 31.2 Å². The molecule has 0 aliphatic heterocycles. The molecule has 0 aromatic heterocycles. The third-order valence-electron chi connectivity index (χ3n) is 3.68. The largest absolute Gasteiger partial charge is 0.381 e. The number of benzene rings is 1. The first-order valence-corrected chi connectivity index (χ1v) is 6.62. The molecule has 0 bridgehead atoms. The van der Waals surface area contributed by atoms with E-state index in [-0.39, 0.29) is 0 Å². The van der Waals surface area contributed by atoms with Crippen molar-refractivity contribution in [3.05, 3.63) is 28.8 Å². The molecule has 2 nitrogen and oxygen atoms in total. The summed E-state index contributed by atoms with van der Waals surface area (Å²) < 4.78 is 0. The Balaban J connectivity index is 1.80. The molecule has 0 radical (unpaired) electrons. The molecule has 0 heterocycles. The fourth-order valence-corrected chi connectivity index (χ4v) is 2.59. The Morgan fingerprint density at radius 1 is 1.24 bits per heavy atom. The van der Waals surface area contributed by atoms with Crippen molar-refractivity contribution < 1.29 is 0 Å². The Hall–Kier alpha value is -1.20. The van der Waals surface area contributed by atoms with Gasteiger partial charge in [-0.15, -0.1) is 0 Å². The summed E-state index contributed by atoms with van der Waals surface area (Å²) >= 11 is 6.18. The summed E-state index contributed by atoms with van der Waals surface area (Å²) in [7, 11) is 0. The van der Waals surface area contributed by atoms with Crippen LogP contribution in [0.15, 0.2) is 18.2 Å². The second-order valence-electron chi connectivity index (χ2n) is 5.15. The van der Waals surface area contributed by atoms with Gasteiger partial charge in [-0.3, -0.25) is 0 Å². The molecule has 2 aliphatic rings. The highest BCUT2D eigenvalue weighted by molar-refractivity contribution is 6.33. The Morgan fingerprint density at radius 2 is 1.88 bits per heavy atom. The van der Waals surface area contributed by atoms with Crippen LogP contribution in [0.4, 0.5) is 5.69 Å². The molecule has 1 N–H and O–H groups in total. The highest BCUT2D eigenvalue weighted by Gasteiger charge is 2.41. The van der Waals surface area contributed by atoms with E-state index < -0.39 is 0 Å². The van der Waals surface area contributed by atoms with Gasteiger partial charge in [0.2, 0.25) is 0 Å². The molecule has 1 aromatic rings. The van der Waals surface area contributed by atoms with Crippen molar-refractivity contribution in [3.8, 4) is 6.07 Å². The summed E-state index contributed by atoms with van der Waals surface area (Å²) in [6.07, 6.45) is 5.35. The van der Waals surface area contributed by atoms with Crippen LogP contribution in [-0.4, -0.2) is 6.04 Å². The van der Waals surface area contributed by atoms with E-state index in [0.717, 1.165) is 22.5 Å². The summed E-state index contributed by atoms with van der Waals surface area (Å²) in [5, 5.41) is 13.2. The first kappa shape index (κ1) is 10.9. The molecule has 3 heteroatoms. The molecule has 88 valence electrons. The van der Waals surface area contributed by atoms with Crippen LogP contribution in [0.3, 0.4) is 0 Å². The zero-order valence-electron chi connectivity index (χ0n) is 9.62. The van der Waals surface area contributed by atoms with Crippen LogP contribution in [0.2, 0.25) is 5.02 Å². The first-order chi connectivity index (χ1) is 8.28. The summed E-state index contributed by atoms with van der Waals surface area (Å²) in [6, 6.07) is 8.16. The third-order valence-corrected chi connectivity index (χ3v) is 4.01. The summed E-state index contributed by atoms with van der Waals surface area (Å²) in [4.78, 5) is 0. The van der Waals surface area contributed by atoms with E-state index in [4.69, 9.17) is 16.9 Å². The van der Waals surface area contributed by atoms with Gasteiger partial charge in [-0.2, -0.15) is 5.26 Å². The average molecular weight is 247 g/mol. The van der Waals surface area contributed by atoms with Crippen molar-refractivity contribution in [2.75, 3.05) is 5.32 Å². The summed E-state index contributed by atoms with van der Waals surface area (Å²) in [5.74, 6) is 1.65. The number of nitrogens with zero attached hydrogens (tertiary/aromatic N) is 1. The van der Waals surface area contributed by atoms with Gasteiger partial charge in [0.05, 0.1) is 22.3 Å².